The van der Waals surface area contributed by atoms with Gasteiger partial charge in [0.1, 0.15) is 11.6 Å². The van der Waals surface area contributed by atoms with Crippen molar-refractivity contribution in [2.45, 2.75) is 26.7 Å². The normalized spacial score (nSPS) is 10.6. The summed E-state index contributed by atoms with van der Waals surface area (Å²) in [5, 5.41) is 0. The molecular weight excluding hydrogens is 184 g/mol. The molecule has 0 atom stereocenters. The largest absolute Gasteiger partial charge is 0.330 e. The molecule has 2 N–H and O–H groups in total. The van der Waals surface area contributed by atoms with E-state index in [-0.39, 0.29) is 0 Å². The Balaban J connectivity index is 3.11. The fraction of sp³-hybridized carbons (Fsp3) is 0.455. The van der Waals surface area contributed by atoms with E-state index in [1.54, 1.807) is 13.8 Å². The lowest BCUT2D eigenvalue weighted by atomic mass is 9.97. The van der Waals surface area contributed by atoms with Gasteiger partial charge in [-0.3, -0.25) is 0 Å². The molecule has 0 fully saturated rings. The zero-order valence-electron chi connectivity index (χ0n) is 8.53. The van der Waals surface area contributed by atoms with Gasteiger partial charge in [0.15, 0.2) is 0 Å². The zero-order valence-corrected chi connectivity index (χ0v) is 8.53. The van der Waals surface area contributed by atoms with Gasteiger partial charge >= 0.3 is 0 Å². The molecule has 0 saturated carbocycles. The third-order valence-electron chi connectivity index (χ3n) is 2.51. The van der Waals surface area contributed by atoms with Gasteiger partial charge in [-0.15, -0.1) is 0 Å². The standard InChI is InChI=1S/C11H15F2N/c1-7-9(4-3-5-14)8(2)11(13)6-10(7)12/h6H,3-5,14H2,1-2H3. The lowest BCUT2D eigenvalue weighted by Gasteiger charge is -2.10. The fourth-order valence-corrected chi connectivity index (χ4v) is 1.55. The van der Waals surface area contributed by atoms with Crippen molar-refractivity contribution in [2.75, 3.05) is 6.54 Å². The Morgan fingerprint density at radius 1 is 1.14 bits per heavy atom. The van der Waals surface area contributed by atoms with Gasteiger partial charge in [-0.25, -0.2) is 8.78 Å². The van der Waals surface area contributed by atoms with Crippen LogP contribution in [-0.2, 0) is 6.42 Å². The Kier molecular flexibility index (Phi) is 3.58. The third-order valence-corrected chi connectivity index (χ3v) is 2.51. The van der Waals surface area contributed by atoms with Crippen molar-refractivity contribution in [3.8, 4) is 0 Å². The molecule has 0 unspecified atom stereocenters. The molecule has 0 heterocycles. The van der Waals surface area contributed by atoms with Crippen LogP contribution in [0.2, 0.25) is 0 Å². The van der Waals surface area contributed by atoms with E-state index in [9.17, 15) is 8.78 Å². The quantitative estimate of drug-likeness (QED) is 0.795. The molecule has 0 radical (unpaired) electrons. The van der Waals surface area contributed by atoms with Crippen molar-refractivity contribution in [1.82, 2.24) is 0 Å². The number of rotatable bonds is 3. The molecule has 3 heteroatoms. The van der Waals surface area contributed by atoms with Crippen molar-refractivity contribution in [3.63, 3.8) is 0 Å². The van der Waals surface area contributed by atoms with Crippen molar-refractivity contribution in [1.29, 1.82) is 0 Å². The van der Waals surface area contributed by atoms with Gasteiger partial charge in [-0.1, -0.05) is 0 Å². The maximum absolute atomic E-state index is 13.2. The maximum atomic E-state index is 13.2. The highest BCUT2D eigenvalue weighted by Crippen LogP contribution is 2.21. The average molecular weight is 199 g/mol. The summed E-state index contributed by atoms with van der Waals surface area (Å²) in [4.78, 5) is 0. The first-order chi connectivity index (χ1) is 6.57. The van der Waals surface area contributed by atoms with Crippen LogP contribution in [0.15, 0.2) is 6.07 Å². The molecule has 1 rings (SSSR count). The molecular formula is C11H15F2N. The van der Waals surface area contributed by atoms with Crippen LogP contribution >= 0.6 is 0 Å². The number of hydrogen-bond donors (Lipinski definition) is 1. The van der Waals surface area contributed by atoms with Crippen LogP contribution in [0.5, 0.6) is 0 Å². The second-order valence-corrected chi connectivity index (χ2v) is 3.46. The maximum Gasteiger partial charge on any atom is 0.129 e. The summed E-state index contributed by atoms with van der Waals surface area (Å²) >= 11 is 0. The Morgan fingerprint density at radius 2 is 1.64 bits per heavy atom. The van der Waals surface area contributed by atoms with E-state index < -0.39 is 11.6 Å². The molecule has 78 valence electrons. The predicted octanol–water partition coefficient (Wildman–Crippen LogP) is 2.47. The highest BCUT2D eigenvalue weighted by molar-refractivity contribution is 5.35. The Labute approximate surface area is 82.9 Å². The summed E-state index contributed by atoms with van der Waals surface area (Å²) < 4.78 is 26.4. The van der Waals surface area contributed by atoms with Gasteiger partial charge in [0.05, 0.1) is 0 Å². The van der Waals surface area contributed by atoms with Crippen molar-refractivity contribution in [3.05, 3.63) is 34.4 Å². The molecule has 0 aliphatic carbocycles. The van der Waals surface area contributed by atoms with E-state index in [0.717, 1.165) is 18.1 Å². The first-order valence-electron chi connectivity index (χ1n) is 4.72. The van der Waals surface area contributed by atoms with Gasteiger partial charge in [-0.05, 0) is 49.9 Å². The lowest BCUT2D eigenvalue weighted by Crippen LogP contribution is -2.05. The van der Waals surface area contributed by atoms with Gasteiger partial charge in [0, 0.05) is 6.07 Å². The summed E-state index contributed by atoms with van der Waals surface area (Å²) in [6, 6.07) is 0.941. The summed E-state index contributed by atoms with van der Waals surface area (Å²) in [5.74, 6) is -0.944. The Morgan fingerprint density at radius 3 is 2.07 bits per heavy atom. The number of benzene rings is 1. The van der Waals surface area contributed by atoms with E-state index in [2.05, 4.69) is 0 Å². The number of halogens is 2. The van der Waals surface area contributed by atoms with Crippen LogP contribution < -0.4 is 5.73 Å². The topological polar surface area (TPSA) is 26.0 Å². The molecule has 1 nitrogen and oxygen atoms in total. The van der Waals surface area contributed by atoms with Crippen LogP contribution in [0.1, 0.15) is 23.1 Å². The average Bonchev–Trinajstić information content (AvgIpc) is 2.15. The SMILES string of the molecule is Cc1c(F)cc(F)c(C)c1CCCN. The molecule has 14 heavy (non-hydrogen) atoms. The monoisotopic (exact) mass is 199 g/mol. The van der Waals surface area contributed by atoms with Gasteiger partial charge in [0.2, 0.25) is 0 Å². The molecule has 1 aromatic rings. The first-order valence-corrected chi connectivity index (χ1v) is 4.72. The van der Waals surface area contributed by atoms with Gasteiger partial charge in [-0.2, -0.15) is 0 Å². The molecule has 0 aliphatic heterocycles. The van der Waals surface area contributed by atoms with Crippen molar-refractivity contribution >= 4 is 0 Å². The Bertz CT molecular complexity index is 308. The van der Waals surface area contributed by atoms with Crippen LogP contribution in [0.3, 0.4) is 0 Å². The van der Waals surface area contributed by atoms with E-state index in [1.165, 1.54) is 0 Å². The van der Waals surface area contributed by atoms with E-state index in [4.69, 9.17) is 5.73 Å². The third kappa shape index (κ3) is 2.10. The molecule has 0 amide bonds. The molecule has 1 aromatic carbocycles. The molecule has 0 aliphatic rings. The highest BCUT2D eigenvalue weighted by atomic mass is 19.1. The van der Waals surface area contributed by atoms with Crippen molar-refractivity contribution in [2.24, 2.45) is 5.73 Å². The van der Waals surface area contributed by atoms with Crippen LogP contribution in [-0.4, -0.2) is 6.54 Å². The second kappa shape index (κ2) is 4.51. The smallest absolute Gasteiger partial charge is 0.129 e. The lowest BCUT2D eigenvalue weighted by molar-refractivity contribution is 0.565. The van der Waals surface area contributed by atoms with E-state index in [0.29, 0.717) is 24.1 Å². The van der Waals surface area contributed by atoms with Crippen LogP contribution in [0.4, 0.5) is 8.78 Å². The molecule has 0 aromatic heterocycles. The minimum absolute atomic E-state index is 0.472. The number of nitrogens with two attached hydrogens (primary N) is 1. The fourth-order valence-electron chi connectivity index (χ4n) is 1.55. The molecule has 0 bridgehead atoms. The minimum atomic E-state index is -0.472. The van der Waals surface area contributed by atoms with Gasteiger partial charge in [0.25, 0.3) is 0 Å². The predicted molar refractivity (Wildman–Crippen MR) is 53.2 cm³/mol. The summed E-state index contributed by atoms with van der Waals surface area (Å²) in [6.07, 6.45) is 1.40. The van der Waals surface area contributed by atoms with Crippen molar-refractivity contribution < 1.29 is 8.78 Å². The zero-order chi connectivity index (χ0) is 10.7. The second-order valence-electron chi connectivity index (χ2n) is 3.46. The summed E-state index contributed by atoms with van der Waals surface area (Å²) in [7, 11) is 0. The summed E-state index contributed by atoms with van der Waals surface area (Å²) in [6.45, 7) is 3.89. The van der Waals surface area contributed by atoms with Crippen LogP contribution in [0.25, 0.3) is 0 Å². The summed E-state index contributed by atoms with van der Waals surface area (Å²) in [5.41, 5.74) is 7.20. The molecule has 0 spiro atoms. The highest BCUT2D eigenvalue weighted by Gasteiger charge is 2.11. The Hall–Kier alpha value is -0.960. The van der Waals surface area contributed by atoms with Gasteiger partial charge < -0.3 is 5.73 Å². The van der Waals surface area contributed by atoms with Crippen LogP contribution in [0, 0.1) is 25.5 Å². The molecule has 0 saturated heterocycles. The van der Waals surface area contributed by atoms with E-state index >= 15 is 0 Å². The van der Waals surface area contributed by atoms with E-state index in [1.807, 2.05) is 0 Å². The number of hydrogen-bond acceptors (Lipinski definition) is 1. The minimum Gasteiger partial charge on any atom is -0.330 e. The first kappa shape index (κ1) is 11.1.